The molecule has 0 spiro atoms. The zero-order valence-corrected chi connectivity index (χ0v) is 12.2. The van der Waals surface area contributed by atoms with Crippen molar-refractivity contribution in [1.82, 2.24) is 9.78 Å². The van der Waals surface area contributed by atoms with Gasteiger partial charge in [0.25, 0.3) is 0 Å². The summed E-state index contributed by atoms with van der Waals surface area (Å²) >= 11 is 0. The van der Waals surface area contributed by atoms with E-state index in [9.17, 15) is 5.11 Å². The highest BCUT2D eigenvalue weighted by Gasteiger charge is 2.19. The Kier molecular flexibility index (Phi) is 3.48. The van der Waals surface area contributed by atoms with E-state index < -0.39 is 0 Å². The van der Waals surface area contributed by atoms with E-state index >= 15 is 0 Å². The fourth-order valence-corrected chi connectivity index (χ4v) is 2.57. The smallest absolute Gasteiger partial charge is 0.218 e. The van der Waals surface area contributed by atoms with Gasteiger partial charge in [-0.15, -0.1) is 0 Å². The van der Waals surface area contributed by atoms with Gasteiger partial charge in [0.1, 0.15) is 5.69 Å². The molecule has 0 radical (unpaired) electrons. The van der Waals surface area contributed by atoms with Gasteiger partial charge in [-0.3, -0.25) is 0 Å². The number of hydrogen-bond acceptors (Lipinski definition) is 2. The molecule has 0 saturated carbocycles. The monoisotopic (exact) mass is 278 g/mol. The normalized spacial score (nSPS) is 10.8. The minimum absolute atomic E-state index is 0.224. The minimum atomic E-state index is 0.224. The van der Waals surface area contributed by atoms with E-state index in [-0.39, 0.29) is 5.88 Å². The van der Waals surface area contributed by atoms with Gasteiger partial charge in [-0.2, -0.15) is 5.10 Å². The number of benzene rings is 2. The van der Waals surface area contributed by atoms with E-state index in [0.29, 0.717) is 0 Å². The summed E-state index contributed by atoms with van der Waals surface area (Å²) in [5, 5.41) is 15.2. The van der Waals surface area contributed by atoms with Gasteiger partial charge in [0.05, 0.1) is 5.69 Å². The molecule has 1 heterocycles. The molecule has 0 fully saturated rings. The molecule has 1 N–H and O–H groups in total. The molecule has 3 rings (SSSR count). The van der Waals surface area contributed by atoms with Crippen LogP contribution in [-0.2, 0) is 6.42 Å². The maximum absolute atomic E-state index is 10.5. The summed E-state index contributed by atoms with van der Waals surface area (Å²) in [6.45, 7) is 4.10. The second-order valence-corrected chi connectivity index (χ2v) is 5.07. The number of hydrogen-bond donors (Lipinski definition) is 1. The van der Waals surface area contributed by atoms with Crippen molar-refractivity contribution in [1.29, 1.82) is 0 Å². The van der Waals surface area contributed by atoms with Crippen LogP contribution >= 0.6 is 0 Å². The quantitative estimate of drug-likeness (QED) is 0.782. The van der Waals surface area contributed by atoms with E-state index in [4.69, 9.17) is 0 Å². The second kappa shape index (κ2) is 5.44. The Bertz CT molecular complexity index is 760. The molecule has 0 aliphatic heterocycles. The van der Waals surface area contributed by atoms with Crippen LogP contribution in [0.2, 0.25) is 0 Å². The van der Waals surface area contributed by atoms with Crippen LogP contribution in [0.4, 0.5) is 0 Å². The first-order valence-corrected chi connectivity index (χ1v) is 7.14. The number of nitrogens with zero attached hydrogens (tertiary/aromatic N) is 2. The third-order valence-electron chi connectivity index (χ3n) is 3.71. The van der Waals surface area contributed by atoms with E-state index in [1.54, 1.807) is 4.68 Å². The van der Waals surface area contributed by atoms with Crippen molar-refractivity contribution in [3.63, 3.8) is 0 Å². The number of rotatable bonds is 3. The molecule has 3 nitrogen and oxygen atoms in total. The Balaban J connectivity index is 2.22. The Morgan fingerprint density at radius 1 is 1.00 bits per heavy atom. The fourth-order valence-electron chi connectivity index (χ4n) is 2.57. The Hall–Kier alpha value is -2.55. The minimum Gasteiger partial charge on any atom is -0.493 e. The van der Waals surface area contributed by atoms with Gasteiger partial charge in [0.15, 0.2) is 0 Å². The lowest BCUT2D eigenvalue weighted by atomic mass is 10.0. The largest absolute Gasteiger partial charge is 0.493 e. The average molecular weight is 278 g/mol. The molecule has 3 heteroatoms. The van der Waals surface area contributed by atoms with Crippen molar-refractivity contribution in [2.45, 2.75) is 20.3 Å². The third-order valence-corrected chi connectivity index (χ3v) is 3.71. The lowest BCUT2D eigenvalue weighted by Gasteiger charge is -2.03. The summed E-state index contributed by atoms with van der Waals surface area (Å²) in [7, 11) is 0. The SMILES string of the molecule is CCc1c(-c2ccccc2C)nn(-c2ccccc2)c1O. The fraction of sp³-hybridized carbons (Fsp3) is 0.167. The second-order valence-electron chi connectivity index (χ2n) is 5.07. The molecule has 0 saturated heterocycles. The van der Waals surface area contributed by atoms with Crippen LogP contribution in [0.25, 0.3) is 16.9 Å². The standard InChI is InChI=1S/C18H18N2O/c1-3-15-17(16-12-8-7-9-13(16)2)19-20(18(15)21)14-10-5-4-6-11-14/h4-12,21H,3H2,1-2H3. The highest BCUT2D eigenvalue weighted by molar-refractivity contribution is 5.69. The van der Waals surface area contributed by atoms with Gasteiger partial charge in [-0.25, -0.2) is 4.68 Å². The highest BCUT2D eigenvalue weighted by Crippen LogP contribution is 2.33. The summed E-state index contributed by atoms with van der Waals surface area (Å²) in [4.78, 5) is 0. The molecule has 0 bridgehead atoms. The Morgan fingerprint density at radius 3 is 2.33 bits per heavy atom. The summed E-state index contributed by atoms with van der Waals surface area (Å²) in [5.41, 5.74) is 4.83. The first-order chi connectivity index (χ1) is 10.2. The van der Waals surface area contributed by atoms with Crippen molar-refractivity contribution in [3.8, 4) is 22.8 Å². The van der Waals surface area contributed by atoms with Crippen molar-refractivity contribution in [2.75, 3.05) is 0 Å². The topological polar surface area (TPSA) is 38.0 Å². The first kappa shape index (κ1) is 13.4. The van der Waals surface area contributed by atoms with Gasteiger partial charge in [0, 0.05) is 11.1 Å². The molecule has 0 aliphatic carbocycles. The van der Waals surface area contributed by atoms with E-state index in [1.165, 1.54) is 0 Å². The summed E-state index contributed by atoms with van der Waals surface area (Å²) < 4.78 is 1.61. The van der Waals surface area contributed by atoms with Gasteiger partial charge >= 0.3 is 0 Å². The van der Waals surface area contributed by atoms with Crippen LogP contribution in [-0.4, -0.2) is 14.9 Å². The molecule has 3 aromatic rings. The average Bonchev–Trinajstić information content (AvgIpc) is 2.85. The van der Waals surface area contributed by atoms with Crippen LogP contribution in [0, 0.1) is 6.92 Å². The zero-order chi connectivity index (χ0) is 14.8. The molecule has 0 unspecified atom stereocenters. The molecule has 0 atom stereocenters. The van der Waals surface area contributed by atoms with Crippen molar-refractivity contribution < 1.29 is 5.11 Å². The molecule has 106 valence electrons. The van der Waals surface area contributed by atoms with Crippen LogP contribution in [0.5, 0.6) is 5.88 Å². The molecule has 2 aromatic carbocycles. The lowest BCUT2D eigenvalue weighted by Crippen LogP contribution is -1.95. The molecule has 1 aromatic heterocycles. The lowest BCUT2D eigenvalue weighted by molar-refractivity contribution is 0.428. The van der Waals surface area contributed by atoms with Gasteiger partial charge in [-0.1, -0.05) is 49.4 Å². The van der Waals surface area contributed by atoms with Gasteiger partial charge in [0.2, 0.25) is 5.88 Å². The van der Waals surface area contributed by atoms with E-state index in [2.05, 4.69) is 18.1 Å². The van der Waals surface area contributed by atoms with Crippen LogP contribution < -0.4 is 0 Å². The maximum atomic E-state index is 10.5. The number of aromatic nitrogens is 2. The van der Waals surface area contributed by atoms with Crippen LogP contribution in [0.15, 0.2) is 54.6 Å². The predicted molar refractivity (Wildman–Crippen MR) is 84.8 cm³/mol. The van der Waals surface area contributed by atoms with Crippen LogP contribution in [0.3, 0.4) is 0 Å². The van der Waals surface area contributed by atoms with Crippen molar-refractivity contribution >= 4 is 0 Å². The molecule has 21 heavy (non-hydrogen) atoms. The van der Waals surface area contributed by atoms with Crippen molar-refractivity contribution in [3.05, 3.63) is 65.7 Å². The molecule has 0 amide bonds. The first-order valence-electron chi connectivity index (χ1n) is 7.14. The highest BCUT2D eigenvalue weighted by atomic mass is 16.3. The van der Waals surface area contributed by atoms with Gasteiger partial charge in [-0.05, 0) is 31.0 Å². The van der Waals surface area contributed by atoms with Gasteiger partial charge < -0.3 is 5.11 Å². The summed E-state index contributed by atoms with van der Waals surface area (Å²) in [6.07, 6.45) is 0.738. The number of aromatic hydroxyl groups is 1. The third kappa shape index (κ3) is 2.31. The Labute approximate surface area is 124 Å². The van der Waals surface area contributed by atoms with E-state index in [0.717, 1.165) is 34.5 Å². The Morgan fingerprint density at radius 2 is 1.67 bits per heavy atom. The maximum Gasteiger partial charge on any atom is 0.218 e. The molecule has 0 aliphatic rings. The predicted octanol–water partition coefficient (Wildman–Crippen LogP) is 4.12. The molecular formula is C18H18N2O. The van der Waals surface area contributed by atoms with Crippen molar-refractivity contribution in [2.24, 2.45) is 0 Å². The van der Waals surface area contributed by atoms with Crippen LogP contribution in [0.1, 0.15) is 18.1 Å². The zero-order valence-electron chi connectivity index (χ0n) is 12.2. The molecular weight excluding hydrogens is 260 g/mol. The number of aryl methyl sites for hydroxylation is 1. The number of para-hydroxylation sites is 1. The van der Waals surface area contributed by atoms with E-state index in [1.807, 2.05) is 55.5 Å². The summed E-state index contributed by atoms with van der Waals surface area (Å²) in [6, 6.07) is 17.8. The summed E-state index contributed by atoms with van der Waals surface area (Å²) in [5.74, 6) is 0.224.